The van der Waals surface area contributed by atoms with Gasteiger partial charge in [-0.15, -0.1) is 5.10 Å². The van der Waals surface area contributed by atoms with E-state index in [2.05, 4.69) is 10.3 Å². The van der Waals surface area contributed by atoms with Gasteiger partial charge >= 0.3 is 0 Å². The van der Waals surface area contributed by atoms with E-state index in [1.165, 1.54) is 0 Å². The molecule has 0 bridgehead atoms. The van der Waals surface area contributed by atoms with E-state index in [0.717, 1.165) is 22.2 Å². The summed E-state index contributed by atoms with van der Waals surface area (Å²) in [6, 6.07) is 18.9. The van der Waals surface area contributed by atoms with Crippen LogP contribution < -0.4 is 18.9 Å². The lowest BCUT2D eigenvalue weighted by atomic mass is 10.1. The van der Waals surface area contributed by atoms with Crippen LogP contribution in [-0.2, 0) is 0 Å². The number of fused-ring (bicyclic) bond motifs is 1. The zero-order valence-corrected chi connectivity index (χ0v) is 18.4. The highest BCUT2D eigenvalue weighted by atomic mass is 16.5. The first-order chi connectivity index (χ1) is 15.7. The number of nitrogens with zero attached hydrogens (tertiary/aromatic N) is 4. The quantitative estimate of drug-likeness (QED) is 0.390. The maximum atomic E-state index is 5.65. The van der Waals surface area contributed by atoms with Crippen molar-refractivity contribution in [3.63, 3.8) is 0 Å². The molecule has 0 aliphatic heterocycles. The summed E-state index contributed by atoms with van der Waals surface area (Å²) >= 11 is 0. The lowest BCUT2D eigenvalue weighted by molar-refractivity contribution is 0.384. The van der Waals surface area contributed by atoms with Crippen LogP contribution in [-0.4, -0.2) is 49.6 Å². The molecule has 4 aromatic rings. The van der Waals surface area contributed by atoms with Crippen LogP contribution in [0.5, 0.6) is 23.0 Å². The van der Waals surface area contributed by atoms with E-state index < -0.39 is 6.17 Å². The normalized spacial score (nSPS) is 12.1. The van der Waals surface area contributed by atoms with Crippen molar-refractivity contribution >= 4 is 17.2 Å². The summed E-state index contributed by atoms with van der Waals surface area (Å²) in [5, 5.41) is 8.69. The largest absolute Gasteiger partial charge is 0.497 e. The van der Waals surface area contributed by atoms with Crippen LogP contribution in [0.1, 0.15) is 17.3 Å². The van der Waals surface area contributed by atoms with Gasteiger partial charge in [0, 0.05) is 29.5 Å². The molecule has 3 aromatic carbocycles. The molecule has 1 unspecified atom stereocenters. The average Bonchev–Trinajstić information content (AvgIpc) is 3.28. The van der Waals surface area contributed by atoms with Crippen LogP contribution in [0.2, 0.25) is 0 Å². The topological polar surface area (TPSA) is 80.0 Å². The Labute approximate surface area is 186 Å². The van der Waals surface area contributed by atoms with Gasteiger partial charge in [-0.3, -0.25) is 4.99 Å². The minimum Gasteiger partial charge on any atom is -0.497 e. The molecule has 1 aromatic heterocycles. The molecule has 0 spiro atoms. The van der Waals surface area contributed by atoms with E-state index in [9.17, 15) is 0 Å². The third-order valence-corrected chi connectivity index (χ3v) is 5.12. The standard InChI is InChI=1S/C24H24N4O4/c1-29-17-10-9-16(22(13-17)31-3)15-25-24(19-12-11-18(30-2)14-23(19)32-4)28-21-8-6-5-7-20(21)26-27-28/h5-15,24H,1-4H3. The first-order valence-corrected chi connectivity index (χ1v) is 9.95. The molecule has 0 fully saturated rings. The smallest absolute Gasteiger partial charge is 0.172 e. The lowest BCUT2D eigenvalue weighted by Crippen LogP contribution is -2.12. The third-order valence-electron chi connectivity index (χ3n) is 5.12. The fourth-order valence-corrected chi connectivity index (χ4v) is 3.45. The Morgan fingerprint density at radius 2 is 1.50 bits per heavy atom. The van der Waals surface area contributed by atoms with Gasteiger partial charge in [0.25, 0.3) is 0 Å². The van der Waals surface area contributed by atoms with Crippen LogP contribution in [0.25, 0.3) is 11.0 Å². The number of hydrogen-bond acceptors (Lipinski definition) is 7. The summed E-state index contributed by atoms with van der Waals surface area (Å²) in [6.07, 6.45) is 1.22. The van der Waals surface area contributed by atoms with Gasteiger partial charge in [-0.25, -0.2) is 4.68 Å². The number of rotatable bonds is 8. The van der Waals surface area contributed by atoms with Gasteiger partial charge in [-0.2, -0.15) is 0 Å². The molecule has 0 aliphatic carbocycles. The average molecular weight is 432 g/mol. The van der Waals surface area contributed by atoms with E-state index in [0.29, 0.717) is 23.0 Å². The van der Waals surface area contributed by atoms with Crippen molar-refractivity contribution in [1.29, 1.82) is 0 Å². The maximum Gasteiger partial charge on any atom is 0.172 e. The van der Waals surface area contributed by atoms with Crippen molar-refractivity contribution in [2.75, 3.05) is 28.4 Å². The van der Waals surface area contributed by atoms with Crippen LogP contribution >= 0.6 is 0 Å². The van der Waals surface area contributed by atoms with Crippen molar-refractivity contribution in [3.8, 4) is 23.0 Å². The van der Waals surface area contributed by atoms with E-state index in [-0.39, 0.29) is 0 Å². The van der Waals surface area contributed by atoms with Crippen LogP contribution in [0.4, 0.5) is 0 Å². The number of aromatic nitrogens is 3. The summed E-state index contributed by atoms with van der Waals surface area (Å²) in [5.74, 6) is 2.67. The molecule has 0 N–H and O–H groups in total. The summed E-state index contributed by atoms with van der Waals surface area (Å²) in [4.78, 5) is 4.88. The third kappa shape index (κ3) is 4.07. The molecule has 0 aliphatic rings. The zero-order valence-electron chi connectivity index (χ0n) is 18.4. The number of ether oxygens (including phenoxy) is 4. The number of para-hydroxylation sites is 1. The van der Waals surface area contributed by atoms with Gasteiger partial charge < -0.3 is 18.9 Å². The molecule has 32 heavy (non-hydrogen) atoms. The Bertz CT molecular complexity index is 1250. The predicted octanol–water partition coefficient (Wildman–Crippen LogP) is 4.13. The Kier molecular flexibility index (Phi) is 6.21. The van der Waals surface area contributed by atoms with Crippen LogP contribution in [0, 0.1) is 0 Å². The Balaban J connectivity index is 1.85. The second-order valence-electron chi connectivity index (χ2n) is 6.89. The molecule has 4 rings (SSSR count). The summed E-state index contributed by atoms with van der Waals surface area (Å²) in [7, 11) is 6.46. The molecule has 8 nitrogen and oxygen atoms in total. The molecule has 1 heterocycles. The molecular weight excluding hydrogens is 408 g/mol. The minimum atomic E-state index is -0.532. The molecule has 164 valence electrons. The minimum absolute atomic E-state index is 0.532. The highest BCUT2D eigenvalue weighted by molar-refractivity contribution is 5.84. The number of benzene rings is 3. The van der Waals surface area contributed by atoms with Gasteiger partial charge in [-0.1, -0.05) is 17.3 Å². The summed E-state index contributed by atoms with van der Waals surface area (Å²) in [5.41, 5.74) is 3.25. The highest BCUT2D eigenvalue weighted by Gasteiger charge is 2.21. The molecular formula is C24H24N4O4. The Morgan fingerprint density at radius 1 is 0.812 bits per heavy atom. The van der Waals surface area contributed by atoms with E-state index in [1.807, 2.05) is 60.7 Å². The highest BCUT2D eigenvalue weighted by Crippen LogP contribution is 2.34. The zero-order chi connectivity index (χ0) is 22.5. The van der Waals surface area contributed by atoms with Crippen molar-refractivity contribution in [2.24, 2.45) is 4.99 Å². The van der Waals surface area contributed by atoms with Crippen molar-refractivity contribution < 1.29 is 18.9 Å². The molecule has 8 heteroatoms. The first kappa shape index (κ1) is 21.2. The van der Waals surface area contributed by atoms with E-state index >= 15 is 0 Å². The van der Waals surface area contributed by atoms with Gasteiger partial charge in [0.15, 0.2) is 6.17 Å². The first-order valence-electron chi connectivity index (χ1n) is 9.95. The van der Waals surface area contributed by atoms with Gasteiger partial charge in [-0.05, 0) is 36.4 Å². The predicted molar refractivity (Wildman–Crippen MR) is 122 cm³/mol. The SMILES string of the molecule is COc1ccc(C=NC(c2ccc(OC)cc2OC)n2nnc3ccccc32)c(OC)c1. The summed E-state index contributed by atoms with van der Waals surface area (Å²) < 4.78 is 23.6. The fourth-order valence-electron chi connectivity index (χ4n) is 3.45. The second kappa shape index (κ2) is 9.38. The van der Waals surface area contributed by atoms with E-state index in [4.69, 9.17) is 23.9 Å². The van der Waals surface area contributed by atoms with E-state index in [1.54, 1.807) is 39.3 Å². The number of hydrogen-bond donors (Lipinski definition) is 0. The molecule has 0 saturated carbocycles. The Hall–Kier alpha value is -4.07. The van der Waals surface area contributed by atoms with Crippen LogP contribution in [0.3, 0.4) is 0 Å². The van der Waals surface area contributed by atoms with Crippen molar-refractivity contribution in [1.82, 2.24) is 15.0 Å². The van der Waals surface area contributed by atoms with Gasteiger partial charge in [0.2, 0.25) is 0 Å². The van der Waals surface area contributed by atoms with Gasteiger partial charge in [0.1, 0.15) is 28.5 Å². The molecule has 0 saturated heterocycles. The molecule has 1 atom stereocenters. The molecule has 0 amide bonds. The fraction of sp³-hybridized carbons (Fsp3) is 0.208. The second-order valence-corrected chi connectivity index (χ2v) is 6.89. The number of methoxy groups -OCH3 is 4. The van der Waals surface area contributed by atoms with Crippen LogP contribution in [0.15, 0.2) is 65.7 Å². The van der Waals surface area contributed by atoms with Crippen molar-refractivity contribution in [2.45, 2.75) is 6.17 Å². The monoisotopic (exact) mass is 432 g/mol. The lowest BCUT2D eigenvalue weighted by Gasteiger charge is -2.18. The maximum absolute atomic E-state index is 5.65. The summed E-state index contributed by atoms with van der Waals surface area (Å²) in [6.45, 7) is 0. The molecule has 0 radical (unpaired) electrons. The van der Waals surface area contributed by atoms with Crippen molar-refractivity contribution in [3.05, 3.63) is 71.8 Å². The number of aliphatic imine (C=N–C) groups is 1. The van der Waals surface area contributed by atoms with Gasteiger partial charge in [0.05, 0.1) is 34.0 Å². The Morgan fingerprint density at radius 3 is 2.22 bits per heavy atom.